The molecule has 1 aliphatic carbocycles. The van der Waals surface area contributed by atoms with Crippen LogP contribution in [-0.4, -0.2) is 21.0 Å². The molecule has 1 saturated carbocycles. The van der Waals surface area contributed by atoms with Crippen LogP contribution in [0.2, 0.25) is 0 Å². The Bertz CT molecular complexity index is 860. The van der Waals surface area contributed by atoms with Gasteiger partial charge in [0.05, 0.1) is 20.9 Å². The number of thiophene rings is 1. The van der Waals surface area contributed by atoms with Gasteiger partial charge in [-0.25, -0.2) is 14.4 Å². The van der Waals surface area contributed by atoms with Crippen LogP contribution in [0.3, 0.4) is 0 Å². The fourth-order valence-corrected chi connectivity index (χ4v) is 4.44. The molecule has 0 bridgehead atoms. The molecule has 3 aromatic rings. The average molecular weight is 393 g/mol. The van der Waals surface area contributed by atoms with E-state index >= 15 is 0 Å². The monoisotopic (exact) mass is 392 g/mol. The van der Waals surface area contributed by atoms with Crippen molar-refractivity contribution < 1.29 is 4.39 Å². The molecular formula is C16H14BrFN4S. The summed E-state index contributed by atoms with van der Waals surface area (Å²) in [5.74, 6) is 0.769. The van der Waals surface area contributed by atoms with E-state index in [1.807, 2.05) is 5.38 Å². The Kier molecular flexibility index (Phi) is 3.98. The zero-order chi connectivity index (χ0) is 15.8. The number of pyridine rings is 1. The van der Waals surface area contributed by atoms with Crippen LogP contribution in [0.15, 0.2) is 28.3 Å². The standard InChI is InChI=1S/C16H14BrFN4S/c17-11-8-23-14-13(11)21-15(10-5-6-19-7-12(10)18)22-16(14)20-9-3-1-2-4-9/h5-9H,1-4H2,(H,20,21,22). The van der Waals surface area contributed by atoms with Gasteiger partial charge in [-0.15, -0.1) is 11.3 Å². The number of rotatable bonds is 3. The molecule has 1 aliphatic rings. The normalized spacial score (nSPS) is 15.4. The minimum atomic E-state index is -0.412. The van der Waals surface area contributed by atoms with Crippen LogP contribution in [0.5, 0.6) is 0 Å². The summed E-state index contributed by atoms with van der Waals surface area (Å²) < 4.78 is 16.0. The Hall–Kier alpha value is -1.60. The van der Waals surface area contributed by atoms with E-state index in [1.54, 1.807) is 23.6 Å². The van der Waals surface area contributed by atoms with Gasteiger partial charge in [0.2, 0.25) is 0 Å². The summed E-state index contributed by atoms with van der Waals surface area (Å²) in [6, 6.07) is 2.04. The fraction of sp³-hybridized carbons (Fsp3) is 0.312. The van der Waals surface area contributed by atoms with Gasteiger partial charge in [0, 0.05) is 17.6 Å². The maximum atomic E-state index is 14.1. The van der Waals surface area contributed by atoms with Crippen molar-refractivity contribution >= 4 is 43.3 Å². The molecule has 0 aromatic carbocycles. The van der Waals surface area contributed by atoms with E-state index in [2.05, 4.69) is 36.2 Å². The third-order valence-corrected chi connectivity index (χ3v) is 5.96. The van der Waals surface area contributed by atoms with Crippen molar-refractivity contribution in [1.82, 2.24) is 15.0 Å². The second-order valence-electron chi connectivity index (χ2n) is 5.64. The molecule has 0 aliphatic heterocycles. The number of anilines is 1. The molecule has 0 atom stereocenters. The number of nitrogens with zero attached hydrogens (tertiary/aromatic N) is 3. The maximum absolute atomic E-state index is 14.1. The van der Waals surface area contributed by atoms with E-state index in [-0.39, 0.29) is 0 Å². The Morgan fingerprint density at radius 3 is 2.87 bits per heavy atom. The summed E-state index contributed by atoms with van der Waals surface area (Å²) in [5.41, 5.74) is 1.19. The number of halogens is 2. The molecule has 1 fully saturated rings. The van der Waals surface area contributed by atoms with Crippen LogP contribution < -0.4 is 5.32 Å². The lowest BCUT2D eigenvalue weighted by Gasteiger charge is -2.14. The first-order chi connectivity index (χ1) is 11.2. The van der Waals surface area contributed by atoms with E-state index < -0.39 is 5.82 Å². The lowest BCUT2D eigenvalue weighted by atomic mass is 10.2. The first kappa shape index (κ1) is 15.0. The Labute approximate surface area is 145 Å². The smallest absolute Gasteiger partial charge is 0.165 e. The van der Waals surface area contributed by atoms with E-state index in [0.717, 1.165) is 33.3 Å². The molecule has 3 aromatic heterocycles. The minimum absolute atomic E-state index is 0.370. The van der Waals surface area contributed by atoms with Gasteiger partial charge in [-0.2, -0.15) is 0 Å². The molecular weight excluding hydrogens is 379 g/mol. The summed E-state index contributed by atoms with van der Waals surface area (Å²) in [5, 5.41) is 5.52. The molecule has 1 N–H and O–H groups in total. The molecule has 0 unspecified atom stereocenters. The molecule has 0 amide bonds. The van der Waals surface area contributed by atoms with Crippen molar-refractivity contribution in [1.29, 1.82) is 0 Å². The third-order valence-electron chi connectivity index (χ3n) is 4.08. The lowest BCUT2D eigenvalue weighted by molar-refractivity contribution is 0.623. The SMILES string of the molecule is Fc1cnccc1-c1nc(NC2CCCC2)c2scc(Br)c2n1. The highest BCUT2D eigenvalue weighted by Gasteiger charge is 2.20. The largest absolute Gasteiger partial charge is 0.366 e. The number of hydrogen-bond donors (Lipinski definition) is 1. The van der Waals surface area contributed by atoms with Crippen molar-refractivity contribution in [2.75, 3.05) is 5.32 Å². The van der Waals surface area contributed by atoms with Crippen molar-refractivity contribution in [3.63, 3.8) is 0 Å². The number of fused-ring (bicyclic) bond motifs is 1. The quantitative estimate of drug-likeness (QED) is 0.680. The van der Waals surface area contributed by atoms with E-state index in [0.29, 0.717) is 17.4 Å². The zero-order valence-electron chi connectivity index (χ0n) is 12.2. The topological polar surface area (TPSA) is 50.7 Å². The summed E-state index contributed by atoms with van der Waals surface area (Å²) in [4.78, 5) is 12.9. The second kappa shape index (κ2) is 6.13. The summed E-state index contributed by atoms with van der Waals surface area (Å²) in [6.45, 7) is 0. The van der Waals surface area contributed by atoms with E-state index in [1.165, 1.54) is 19.0 Å². The first-order valence-corrected chi connectivity index (χ1v) is 9.21. The average Bonchev–Trinajstić information content (AvgIpc) is 3.18. The number of nitrogens with one attached hydrogen (secondary N) is 1. The fourth-order valence-electron chi connectivity index (χ4n) is 2.93. The van der Waals surface area contributed by atoms with Crippen LogP contribution >= 0.6 is 27.3 Å². The van der Waals surface area contributed by atoms with Crippen LogP contribution in [0, 0.1) is 5.82 Å². The van der Waals surface area contributed by atoms with Gasteiger partial charge in [-0.1, -0.05) is 12.8 Å². The summed E-state index contributed by atoms with van der Waals surface area (Å²) in [6.07, 6.45) is 7.53. The van der Waals surface area contributed by atoms with E-state index in [9.17, 15) is 4.39 Å². The zero-order valence-corrected chi connectivity index (χ0v) is 14.6. The van der Waals surface area contributed by atoms with Crippen LogP contribution in [0.4, 0.5) is 10.2 Å². The van der Waals surface area contributed by atoms with Crippen LogP contribution in [-0.2, 0) is 0 Å². The molecule has 0 radical (unpaired) electrons. The van der Waals surface area contributed by atoms with Gasteiger partial charge in [-0.3, -0.25) is 4.98 Å². The maximum Gasteiger partial charge on any atom is 0.165 e. The van der Waals surface area contributed by atoms with Crippen molar-refractivity contribution in [2.45, 2.75) is 31.7 Å². The van der Waals surface area contributed by atoms with Gasteiger partial charge in [0.25, 0.3) is 0 Å². The van der Waals surface area contributed by atoms with E-state index in [4.69, 9.17) is 0 Å². The third kappa shape index (κ3) is 2.83. The Morgan fingerprint density at radius 1 is 1.26 bits per heavy atom. The van der Waals surface area contributed by atoms with Gasteiger partial charge < -0.3 is 5.32 Å². The highest BCUT2D eigenvalue weighted by molar-refractivity contribution is 9.10. The highest BCUT2D eigenvalue weighted by Crippen LogP contribution is 2.36. The minimum Gasteiger partial charge on any atom is -0.366 e. The van der Waals surface area contributed by atoms with Crippen LogP contribution in [0.25, 0.3) is 21.6 Å². The summed E-state index contributed by atoms with van der Waals surface area (Å²) in [7, 11) is 0. The molecule has 3 heterocycles. The van der Waals surface area contributed by atoms with Gasteiger partial charge in [-0.05, 0) is 34.8 Å². The molecule has 23 heavy (non-hydrogen) atoms. The highest BCUT2D eigenvalue weighted by atomic mass is 79.9. The molecule has 7 heteroatoms. The van der Waals surface area contributed by atoms with Crippen molar-refractivity contribution in [2.24, 2.45) is 0 Å². The van der Waals surface area contributed by atoms with Gasteiger partial charge in [0.1, 0.15) is 11.3 Å². The molecule has 0 saturated heterocycles. The Morgan fingerprint density at radius 2 is 2.09 bits per heavy atom. The molecule has 4 rings (SSSR count). The molecule has 0 spiro atoms. The van der Waals surface area contributed by atoms with Gasteiger partial charge in [0.15, 0.2) is 11.6 Å². The Balaban J connectivity index is 1.85. The van der Waals surface area contributed by atoms with Crippen molar-refractivity contribution in [3.8, 4) is 11.4 Å². The second-order valence-corrected chi connectivity index (χ2v) is 7.37. The van der Waals surface area contributed by atoms with Gasteiger partial charge >= 0.3 is 0 Å². The predicted molar refractivity (Wildman–Crippen MR) is 94.2 cm³/mol. The number of aromatic nitrogens is 3. The van der Waals surface area contributed by atoms with Crippen LogP contribution in [0.1, 0.15) is 25.7 Å². The predicted octanol–water partition coefficient (Wildman–Crippen LogP) is 5.01. The summed E-state index contributed by atoms with van der Waals surface area (Å²) >= 11 is 5.12. The molecule has 4 nitrogen and oxygen atoms in total. The van der Waals surface area contributed by atoms with Crippen molar-refractivity contribution in [3.05, 3.63) is 34.1 Å². The lowest BCUT2D eigenvalue weighted by Crippen LogP contribution is -2.16. The molecule has 118 valence electrons. The number of hydrogen-bond acceptors (Lipinski definition) is 5. The first-order valence-electron chi connectivity index (χ1n) is 7.53.